The maximum atomic E-state index is 13.6. The minimum Gasteiger partial charge on any atom is -0.508 e. The van der Waals surface area contributed by atoms with Crippen LogP contribution in [0.15, 0.2) is 127 Å². The van der Waals surface area contributed by atoms with Gasteiger partial charge in [-0.15, -0.1) is 6.07 Å². The Bertz CT molecular complexity index is 4500. The molecule has 9 rings (SSSR count). The van der Waals surface area contributed by atoms with E-state index < -0.39 is 108 Å². The number of para-hydroxylation sites is 2. The van der Waals surface area contributed by atoms with E-state index in [9.17, 15) is 105 Å². The zero-order chi connectivity index (χ0) is 88.6. The molecule has 7 aromatic carbocycles. The van der Waals surface area contributed by atoms with E-state index in [1.54, 1.807) is 72.1 Å². The van der Waals surface area contributed by atoms with E-state index in [1.165, 1.54) is 25.3 Å². The number of halogens is 15. The van der Waals surface area contributed by atoms with Crippen molar-refractivity contribution in [1.82, 2.24) is 0 Å². The molecule has 2 aliphatic heterocycles. The number of nitro benzene ring substituents is 2. The molecule has 2 aliphatic rings. The SMILES string of the molecule is CC(C)Oc1cc(N)cc(C(F)(F)F)c1.CC(C)Oc1cc([N+](=O)[O-])cc(C(F)(F)F)c1.CCC1(C(=O)OC)CN(c2c(C)cccc2C)C(=O)C1C.CC[C@@]1(C(=O)Nc2cc(OC(C)C)cc(C(F)(F)F)c2)CN(c2c(C)cccc2C)C(=O)[C@H]1C.O=[N+]([O-])c1cc(O)cc(C(F)(F)F)c1.[CH2-]c1cc(OC(C)C)cc(C(F)(F)F)c1.[Li+]. The van der Waals surface area contributed by atoms with Gasteiger partial charge in [-0.25, -0.2) is 0 Å². The first-order valence-electron chi connectivity index (χ1n) is 35.7. The van der Waals surface area contributed by atoms with Crippen LogP contribution in [0.3, 0.4) is 0 Å². The van der Waals surface area contributed by atoms with Crippen molar-refractivity contribution in [2.75, 3.05) is 41.0 Å². The van der Waals surface area contributed by atoms with Gasteiger partial charge in [0.15, 0.2) is 0 Å². The van der Waals surface area contributed by atoms with E-state index >= 15 is 0 Å². The van der Waals surface area contributed by atoms with Gasteiger partial charge in [-0.1, -0.05) is 64.1 Å². The van der Waals surface area contributed by atoms with Crippen LogP contribution >= 0.6 is 0 Å². The van der Waals surface area contributed by atoms with Crippen molar-refractivity contribution in [3.63, 3.8) is 0 Å². The van der Waals surface area contributed by atoms with Crippen LogP contribution in [0.5, 0.6) is 28.7 Å². The number of amides is 3. The summed E-state index contributed by atoms with van der Waals surface area (Å²) < 4.78 is 214. The van der Waals surface area contributed by atoms with Gasteiger partial charge in [-0.05, 0) is 161 Å². The molecule has 36 heteroatoms. The number of nitrogens with two attached hydrogens (primary N) is 1. The summed E-state index contributed by atoms with van der Waals surface area (Å²) in [4.78, 5) is 74.0. The van der Waals surface area contributed by atoms with E-state index in [2.05, 4.69) is 12.2 Å². The number of esters is 1. The molecule has 0 bridgehead atoms. The molecule has 636 valence electrons. The number of non-ortho nitro benzene ring substituents is 2. The van der Waals surface area contributed by atoms with Crippen molar-refractivity contribution in [1.29, 1.82) is 0 Å². The van der Waals surface area contributed by atoms with E-state index in [4.69, 9.17) is 34.5 Å². The molecule has 0 radical (unpaired) electrons. The second kappa shape index (κ2) is 41.0. The third-order valence-corrected chi connectivity index (χ3v) is 17.9. The molecule has 4 atom stereocenters. The zero-order valence-corrected chi connectivity index (χ0v) is 67.4. The summed E-state index contributed by atoms with van der Waals surface area (Å²) >= 11 is 0. The summed E-state index contributed by atoms with van der Waals surface area (Å²) in [6, 6.07) is 25.1. The number of carbonyl (C=O) groups excluding carboxylic acids is 4. The molecule has 0 spiro atoms. The predicted molar refractivity (Wildman–Crippen MR) is 405 cm³/mol. The van der Waals surface area contributed by atoms with Gasteiger partial charge in [0.05, 0.1) is 104 Å². The van der Waals surface area contributed by atoms with Gasteiger partial charge in [0.2, 0.25) is 17.7 Å². The number of methoxy groups -OCH3 is 1. The fourth-order valence-electron chi connectivity index (χ4n) is 12.4. The number of hydrogen-bond donors (Lipinski definition) is 3. The van der Waals surface area contributed by atoms with Crippen molar-refractivity contribution in [2.24, 2.45) is 22.7 Å². The maximum absolute atomic E-state index is 13.6. The molecule has 0 aliphatic carbocycles. The van der Waals surface area contributed by atoms with Gasteiger partial charge < -0.3 is 49.6 Å². The van der Waals surface area contributed by atoms with Crippen LogP contribution < -0.4 is 58.7 Å². The molecule has 7 aromatic rings. The molecule has 0 saturated carbocycles. The number of ether oxygens (including phenoxy) is 5. The van der Waals surface area contributed by atoms with E-state index in [1.807, 2.05) is 84.9 Å². The number of carbonyl (C=O) groups is 4. The first-order chi connectivity index (χ1) is 53.3. The van der Waals surface area contributed by atoms with E-state index in [0.29, 0.717) is 49.2 Å². The Kier molecular flexibility index (Phi) is 35.3. The number of nitro groups is 2. The zero-order valence-electron chi connectivity index (χ0n) is 67.4. The van der Waals surface area contributed by atoms with Crippen molar-refractivity contribution >= 4 is 57.8 Å². The number of anilines is 4. The number of nitrogens with one attached hydrogen (secondary N) is 1. The van der Waals surface area contributed by atoms with Gasteiger partial charge in [-0.2, -0.15) is 84.4 Å². The Balaban J connectivity index is 0.000000376. The van der Waals surface area contributed by atoms with Gasteiger partial charge in [-0.3, -0.25) is 39.4 Å². The van der Waals surface area contributed by atoms with Gasteiger partial charge in [0, 0.05) is 65.7 Å². The van der Waals surface area contributed by atoms with Crippen LogP contribution in [0.1, 0.15) is 152 Å². The van der Waals surface area contributed by atoms with E-state index in [0.717, 1.165) is 82.2 Å². The molecule has 3 amide bonds. The minimum absolute atomic E-state index is 0. The fraction of sp³-hybridized carbons (Fsp3) is 0.420. The van der Waals surface area contributed by atoms with Crippen molar-refractivity contribution in [3.8, 4) is 28.7 Å². The number of nitrogen functional groups attached to an aromatic ring is 1. The summed E-state index contributed by atoms with van der Waals surface area (Å²) in [5.41, 5.74) is 3.23. The molecule has 20 nitrogen and oxygen atoms in total. The number of hydrogen-bond acceptors (Lipinski definition) is 15. The minimum atomic E-state index is -4.70. The topological polar surface area (TPSA) is 265 Å². The average molecular weight is 1670 g/mol. The van der Waals surface area contributed by atoms with Crippen molar-refractivity contribution in [2.45, 2.75) is 179 Å². The summed E-state index contributed by atoms with van der Waals surface area (Å²) in [7, 11) is 1.39. The first kappa shape index (κ1) is 101. The molecule has 2 unspecified atom stereocenters. The number of phenolic OH excluding ortho intramolecular Hbond substituents is 1. The fourth-order valence-corrected chi connectivity index (χ4v) is 12.4. The van der Waals surface area contributed by atoms with Crippen molar-refractivity contribution in [3.05, 3.63) is 210 Å². The molecule has 0 aromatic heterocycles. The van der Waals surface area contributed by atoms with Gasteiger partial charge in [0.1, 0.15) is 23.0 Å². The standard InChI is InChI=1S/C26H31F3N2O3.C17H23NO3.C11H12F3O.C10H10F3NO3.C10H12F3NO.C7H4F3NO3.Li/c1-7-25(14-31(23(32)18(25)6)22-16(4)9-8-10-17(22)5)24(33)30-20-11-19(26(27,28)29)12-21(13-20)34-15(2)3;1-6-17(16(20)21-5)10-18(15(19)13(17)4)14-11(2)8-7-9-12(14)3;1-7(2)15-10-5-8(3)4-9(6-10)11(12,13)14;1-6(2)17-9-4-7(10(11,12)13)3-8(5-9)14(15)16;1-6(2)15-9-4-7(10(11,12)13)3-8(14)5-9;8-7(9,10)4-1-5(11(13)14)3-6(12)2-4;/h8-13,15,18H,7,14H2,1-6H3,(H,30,33);7-9,13H,6,10H2,1-5H3;4-7H,3H2,1-2H3;3-6H,1-2H3;3-6H,14H2,1-2H3;1-3,12H;/q;;-1;;;;+1/t18-,25-;;;;;;/m1....../s1. The summed E-state index contributed by atoms with van der Waals surface area (Å²) in [6.07, 6.45) is -22.8. The van der Waals surface area contributed by atoms with E-state index in [-0.39, 0.29) is 108 Å². The molecular formula is C81H92F15LiN6O14. The number of aryl methyl sites for hydroxylation is 4. The average Bonchev–Trinajstić information content (AvgIpc) is 1.60. The normalized spacial score (nSPS) is 16.6. The smallest absolute Gasteiger partial charge is 0.508 e. The molecule has 2 fully saturated rings. The molecule has 117 heavy (non-hydrogen) atoms. The van der Waals surface area contributed by atoms with Gasteiger partial charge >= 0.3 is 55.7 Å². The predicted octanol–water partition coefficient (Wildman–Crippen LogP) is 18.5. The number of nitrogens with zero attached hydrogens (tertiary/aromatic N) is 4. The Hall–Kier alpha value is -10.6. The quantitative estimate of drug-likeness (QED) is 0.0146. The Morgan fingerprint density at radius 2 is 0.829 bits per heavy atom. The third kappa shape index (κ3) is 27.8. The number of phenols is 1. The Labute approximate surface area is 679 Å². The second-order valence-electron chi connectivity index (χ2n) is 28.3. The summed E-state index contributed by atoms with van der Waals surface area (Å²) in [5.74, 6) is -2.57. The number of alkyl halides is 15. The summed E-state index contributed by atoms with van der Waals surface area (Å²) in [5, 5.41) is 32.1. The number of aromatic hydroxyl groups is 1. The van der Waals surface area contributed by atoms with Crippen LogP contribution in [0.4, 0.5) is 100.0 Å². The van der Waals surface area contributed by atoms with Crippen LogP contribution in [0.2, 0.25) is 0 Å². The van der Waals surface area contributed by atoms with Crippen molar-refractivity contribution < 1.29 is 143 Å². The van der Waals surface area contributed by atoms with Crippen LogP contribution in [0.25, 0.3) is 0 Å². The van der Waals surface area contributed by atoms with Gasteiger partial charge in [0.25, 0.3) is 11.4 Å². The second-order valence-corrected chi connectivity index (χ2v) is 28.3. The van der Waals surface area contributed by atoms with Crippen LogP contribution in [-0.2, 0) is 54.8 Å². The summed E-state index contributed by atoms with van der Waals surface area (Å²) in [6.45, 7) is 32.7. The van der Waals surface area contributed by atoms with Crippen LogP contribution in [-0.4, -0.2) is 83.3 Å². The van der Waals surface area contributed by atoms with Crippen LogP contribution in [0, 0.1) is 77.5 Å². The first-order valence-corrected chi connectivity index (χ1v) is 35.7. The number of benzene rings is 7. The molecular weight excluding hydrogens is 1570 g/mol. The number of rotatable bonds is 17. The Morgan fingerprint density at radius 1 is 0.513 bits per heavy atom. The maximum Gasteiger partial charge on any atom is 1.00 e. The Morgan fingerprint density at radius 3 is 1.19 bits per heavy atom. The third-order valence-electron chi connectivity index (χ3n) is 17.9. The molecule has 4 N–H and O–H groups in total. The monoisotopic (exact) mass is 1660 g/mol. The molecule has 2 saturated heterocycles. The largest absolute Gasteiger partial charge is 1.00 e. The molecule has 2 heterocycles.